The molecule has 4 aliphatic rings. The number of aryl methyl sites for hydroxylation is 1. The Morgan fingerprint density at radius 1 is 1.15 bits per heavy atom. The third-order valence-electron chi connectivity index (χ3n) is 6.53. The molecule has 4 bridgehead atoms. The molecule has 0 unspecified atom stereocenters. The van der Waals surface area contributed by atoms with Crippen molar-refractivity contribution in [3.8, 4) is 5.75 Å². The van der Waals surface area contributed by atoms with E-state index >= 15 is 0 Å². The number of ether oxygens (including phenoxy) is 1. The molecule has 5 heteroatoms. The number of hydrogen-bond acceptors (Lipinski definition) is 4. The molecule has 0 heterocycles. The Morgan fingerprint density at radius 3 is 2.35 bits per heavy atom. The predicted octanol–water partition coefficient (Wildman–Crippen LogP) is 3.19. The standard InChI is InChI=1S/C21H27NO4/c1-13-2-3-17(18(23)4-13)20(25)26-11-19(24)22-12-21-8-14-5-15(9-21)7-16(6-14)10-21/h2-4,14-16,23H,5-12H2,1H3,(H,22,24). The van der Waals surface area contributed by atoms with E-state index in [1.54, 1.807) is 6.07 Å². The van der Waals surface area contributed by atoms with E-state index < -0.39 is 5.97 Å². The van der Waals surface area contributed by atoms with Crippen molar-refractivity contribution in [3.63, 3.8) is 0 Å². The van der Waals surface area contributed by atoms with Crippen LogP contribution >= 0.6 is 0 Å². The van der Waals surface area contributed by atoms with E-state index in [1.807, 2.05) is 6.92 Å². The fourth-order valence-electron chi connectivity index (χ4n) is 5.87. The smallest absolute Gasteiger partial charge is 0.342 e. The minimum absolute atomic E-state index is 0.0875. The zero-order valence-corrected chi connectivity index (χ0v) is 15.3. The van der Waals surface area contributed by atoms with Crippen LogP contribution in [0.25, 0.3) is 0 Å². The topological polar surface area (TPSA) is 75.6 Å². The largest absolute Gasteiger partial charge is 0.507 e. The Morgan fingerprint density at radius 2 is 1.77 bits per heavy atom. The normalized spacial score (nSPS) is 31.7. The Bertz CT molecular complexity index is 691. The number of esters is 1. The van der Waals surface area contributed by atoms with Gasteiger partial charge in [0.25, 0.3) is 5.91 Å². The van der Waals surface area contributed by atoms with Gasteiger partial charge in [-0.05, 0) is 86.3 Å². The summed E-state index contributed by atoms with van der Waals surface area (Å²) in [6, 6.07) is 4.74. The number of amides is 1. The van der Waals surface area contributed by atoms with E-state index in [-0.39, 0.29) is 29.2 Å². The summed E-state index contributed by atoms with van der Waals surface area (Å²) in [6.45, 7) is 2.22. The summed E-state index contributed by atoms with van der Waals surface area (Å²) in [6.07, 6.45) is 7.84. The SMILES string of the molecule is Cc1ccc(C(=O)OCC(=O)NCC23CC4CC(CC(C4)C2)C3)c(O)c1. The van der Waals surface area contributed by atoms with Crippen LogP contribution in [0.3, 0.4) is 0 Å². The van der Waals surface area contributed by atoms with Gasteiger partial charge in [0.2, 0.25) is 0 Å². The van der Waals surface area contributed by atoms with Crippen LogP contribution in [0.5, 0.6) is 5.75 Å². The minimum Gasteiger partial charge on any atom is -0.507 e. The molecule has 1 aromatic rings. The van der Waals surface area contributed by atoms with Crippen molar-refractivity contribution in [1.29, 1.82) is 0 Å². The molecule has 0 aromatic heterocycles. The minimum atomic E-state index is -0.674. The van der Waals surface area contributed by atoms with E-state index in [4.69, 9.17) is 4.74 Å². The Hall–Kier alpha value is -2.04. The first kappa shape index (κ1) is 17.4. The third kappa shape index (κ3) is 3.44. The summed E-state index contributed by atoms with van der Waals surface area (Å²) in [4.78, 5) is 24.2. The highest BCUT2D eigenvalue weighted by Crippen LogP contribution is 2.59. The maximum atomic E-state index is 12.2. The lowest BCUT2D eigenvalue weighted by molar-refractivity contribution is -0.126. The fourth-order valence-corrected chi connectivity index (χ4v) is 5.87. The van der Waals surface area contributed by atoms with Crippen LogP contribution in [0.1, 0.15) is 54.4 Å². The Labute approximate surface area is 154 Å². The van der Waals surface area contributed by atoms with Gasteiger partial charge in [-0.3, -0.25) is 4.79 Å². The van der Waals surface area contributed by atoms with Gasteiger partial charge in [-0.2, -0.15) is 0 Å². The summed E-state index contributed by atoms with van der Waals surface area (Å²) >= 11 is 0. The van der Waals surface area contributed by atoms with Crippen LogP contribution in [0.4, 0.5) is 0 Å². The summed E-state index contributed by atoms with van der Waals surface area (Å²) in [5.74, 6) is 1.48. The van der Waals surface area contributed by atoms with Gasteiger partial charge >= 0.3 is 5.97 Å². The number of hydrogen-bond donors (Lipinski definition) is 2. The predicted molar refractivity (Wildman–Crippen MR) is 96.7 cm³/mol. The molecule has 26 heavy (non-hydrogen) atoms. The van der Waals surface area contributed by atoms with Crippen molar-refractivity contribution < 1.29 is 19.4 Å². The van der Waals surface area contributed by atoms with E-state index in [9.17, 15) is 14.7 Å². The maximum Gasteiger partial charge on any atom is 0.342 e. The second kappa shape index (κ2) is 6.60. The molecule has 0 spiro atoms. The number of aromatic hydroxyl groups is 1. The first-order valence-corrected chi connectivity index (χ1v) is 9.66. The number of phenols is 1. The molecule has 0 atom stereocenters. The molecule has 4 aliphatic carbocycles. The van der Waals surface area contributed by atoms with Crippen LogP contribution in [0, 0.1) is 30.1 Å². The van der Waals surface area contributed by atoms with Crippen LogP contribution < -0.4 is 5.32 Å². The highest BCUT2D eigenvalue weighted by molar-refractivity contribution is 5.93. The lowest BCUT2D eigenvalue weighted by Crippen LogP contribution is -2.51. The van der Waals surface area contributed by atoms with Crippen molar-refractivity contribution in [3.05, 3.63) is 29.3 Å². The molecule has 0 saturated heterocycles. The van der Waals surface area contributed by atoms with E-state index in [0.717, 1.165) is 23.3 Å². The zero-order valence-electron chi connectivity index (χ0n) is 15.3. The molecule has 140 valence electrons. The highest BCUT2D eigenvalue weighted by atomic mass is 16.5. The zero-order chi connectivity index (χ0) is 18.3. The molecular formula is C21H27NO4. The van der Waals surface area contributed by atoms with Gasteiger partial charge in [-0.15, -0.1) is 0 Å². The summed E-state index contributed by atoms with van der Waals surface area (Å²) < 4.78 is 5.07. The van der Waals surface area contributed by atoms with Crippen molar-refractivity contribution >= 4 is 11.9 Å². The molecule has 0 aliphatic heterocycles. The van der Waals surface area contributed by atoms with Crippen molar-refractivity contribution in [1.82, 2.24) is 5.32 Å². The van der Waals surface area contributed by atoms with Crippen molar-refractivity contribution in [2.45, 2.75) is 45.4 Å². The molecular weight excluding hydrogens is 330 g/mol. The lowest BCUT2D eigenvalue weighted by Gasteiger charge is -2.56. The first-order chi connectivity index (χ1) is 12.4. The van der Waals surface area contributed by atoms with E-state index in [1.165, 1.54) is 50.7 Å². The monoisotopic (exact) mass is 357 g/mol. The molecule has 5 rings (SSSR count). The van der Waals surface area contributed by atoms with Crippen LogP contribution in [-0.2, 0) is 9.53 Å². The van der Waals surface area contributed by atoms with Gasteiger partial charge < -0.3 is 15.2 Å². The average Bonchev–Trinajstić information content (AvgIpc) is 2.57. The second-order valence-electron chi connectivity index (χ2n) is 8.79. The highest BCUT2D eigenvalue weighted by Gasteiger charge is 2.50. The van der Waals surface area contributed by atoms with E-state index in [2.05, 4.69) is 5.32 Å². The van der Waals surface area contributed by atoms with Gasteiger partial charge in [0, 0.05) is 6.54 Å². The molecule has 1 amide bonds. The summed E-state index contributed by atoms with van der Waals surface area (Å²) in [5.41, 5.74) is 1.21. The quantitative estimate of drug-likeness (QED) is 0.794. The van der Waals surface area contributed by atoms with Crippen LogP contribution in [0.15, 0.2) is 18.2 Å². The van der Waals surface area contributed by atoms with Crippen LogP contribution in [-0.4, -0.2) is 30.1 Å². The summed E-state index contributed by atoms with van der Waals surface area (Å²) in [5, 5.41) is 12.8. The van der Waals surface area contributed by atoms with Crippen molar-refractivity contribution in [2.75, 3.05) is 13.2 Å². The Balaban J connectivity index is 1.27. The number of rotatable bonds is 5. The number of phenolic OH excluding ortho intramolecular Hbond substituents is 1. The van der Waals surface area contributed by atoms with Gasteiger partial charge in [0.1, 0.15) is 11.3 Å². The summed E-state index contributed by atoms with van der Waals surface area (Å²) in [7, 11) is 0. The number of benzene rings is 1. The fraction of sp³-hybridized carbons (Fsp3) is 0.619. The second-order valence-corrected chi connectivity index (χ2v) is 8.79. The van der Waals surface area contributed by atoms with Gasteiger partial charge in [0.15, 0.2) is 6.61 Å². The maximum absolute atomic E-state index is 12.2. The molecule has 4 fully saturated rings. The number of carbonyl (C=O) groups excluding carboxylic acids is 2. The molecule has 5 nitrogen and oxygen atoms in total. The van der Waals surface area contributed by atoms with Gasteiger partial charge in [-0.1, -0.05) is 6.07 Å². The molecule has 0 radical (unpaired) electrons. The van der Waals surface area contributed by atoms with Crippen molar-refractivity contribution in [2.24, 2.45) is 23.2 Å². The molecule has 1 aromatic carbocycles. The van der Waals surface area contributed by atoms with Gasteiger partial charge in [0.05, 0.1) is 0 Å². The average molecular weight is 357 g/mol. The number of carbonyl (C=O) groups is 2. The first-order valence-electron chi connectivity index (χ1n) is 9.66. The lowest BCUT2D eigenvalue weighted by atomic mass is 9.49. The third-order valence-corrected chi connectivity index (χ3v) is 6.53. The van der Waals surface area contributed by atoms with Crippen LogP contribution in [0.2, 0.25) is 0 Å². The molecule has 2 N–H and O–H groups in total. The van der Waals surface area contributed by atoms with E-state index in [0.29, 0.717) is 6.54 Å². The Kier molecular flexibility index (Phi) is 4.41. The number of nitrogens with one attached hydrogen (secondary N) is 1. The van der Waals surface area contributed by atoms with Gasteiger partial charge in [-0.25, -0.2) is 4.79 Å². The molecule has 4 saturated carbocycles.